The molecule has 1 aromatic rings. The van der Waals surface area contributed by atoms with Gasteiger partial charge in [0, 0.05) is 32.1 Å². The van der Waals surface area contributed by atoms with Gasteiger partial charge in [0.1, 0.15) is 17.5 Å². The summed E-state index contributed by atoms with van der Waals surface area (Å²) in [6.07, 6.45) is 4.59. The molecule has 19 heavy (non-hydrogen) atoms. The van der Waals surface area contributed by atoms with Crippen LogP contribution in [0, 0.1) is 12.8 Å². The van der Waals surface area contributed by atoms with E-state index < -0.39 is 0 Å². The van der Waals surface area contributed by atoms with Gasteiger partial charge in [-0.05, 0) is 25.7 Å². The molecule has 2 heterocycles. The van der Waals surface area contributed by atoms with Crippen LogP contribution in [0.25, 0.3) is 0 Å². The maximum Gasteiger partial charge on any atom is 0.137 e. The first-order valence-electron chi connectivity index (χ1n) is 7.49. The van der Waals surface area contributed by atoms with Crippen LogP contribution in [-0.2, 0) is 6.42 Å². The molecule has 0 saturated carbocycles. The second-order valence-electron chi connectivity index (χ2n) is 5.45. The van der Waals surface area contributed by atoms with Crippen molar-refractivity contribution in [3.63, 3.8) is 0 Å². The van der Waals surface area contributed by atoms with Gasteiger partial charge in [-0.3, -0.25) is 0 Å². The molecule has 4 nitrogen and oxygen atoms in total. The largest absolute Gasteiger partial charge is 0.373 e. The molecule has 1 unspecified atom stereocenters. The average molecular weight is 262 g/mol. The Hall–Kier alpha value is -1.32. The Kier molecular flexibility index (Phi) is 4.61. The Bertz CT molecular complexity index is 430. The Labute approximate surface area is 116 Å². The monoisotopic (exact) mass is 262 g/mol. The van der Waals surface area contributed by atoms with Crippen molar-refractivity contribution in [3.05, 3.63) is 11.4 Å². The highest BCUT2D eigenvalue weighted by Crippen LogP contribution is 2.29. The number of hydrogen-bond donors (Lipinski definition) is 1. The minimum atomic E-state index is 0.821. The van der Waals surface area contributed by atoms with E-state index in [1.807, 2.05) is 7.05 Å². The number of aryl methyl sites for hydroxylation is 1. The summed E-state index contributed by atoms with van der Waals surface area (Å²) in [7, 11) is 1.94. The van der Waals surface area contributed by atoms with E-state index in [4.69, 9.17) is 4.98 Å². The molecule has 0 bridgehead atoms. The SMILES string of the molecule is CCCc1nc(NC)c(C)c(N2CCC(CC)C2)n1. The lowest BCUT2D eigenvalue weighted by atomic mass is 10.1. The summed E-state index contributed by atoms with van der Waals surface area (Å²) in [6.45, 7) is 8.85. The molecule has 1 aromatic heterocycles. The fourth-order valence-electron chi connectivity index (χ4n) is 2.79. The van der Waals surface area contributed by atoms with Gasteiger partial charge in [0.05, 0.1) is 0 Å². The minimum Gasteiger partial charge on any atom is -0.373 e. The predicted octanol–water partition coefficient (Wildman–Crippen LogP) is 3.02. The summed E-state index contributed by atoms with van der Waals surface area (Å²) in [4.78, 5) is 11.8. The van der Waals surface area contributed by atoms with Gasteiger partial charge in [-0.15, -0.1) is 0 Å². The highest BCUT2D eigenvalue weighted by molar-refractivity contribution is 5.58. The third kappa shape index (κ3) is 2.99. The van der Waals surface area contributed by atoms with Crippen molar-refractivity contribution in [1.82, 2.24) is 9.97 Å². The van der Waals surface area contributed by atoms with Crippen LogP contribution in [0.5, 0.6) is 0 Å². The highest BCUT2D eigenvalue weighted by atomic mass is 15.2. The summed E-state index contributed by atoms with van der Waals surface area (Å²) in [5, 5.41) is 3.21. The average Bonchev–Trinajstić information content (AvgIpc) is 2.89. The number of rotatable bonds is 5. The molecule has 0 aliphatic carbocycles. The minimum absolute atomic E-state index is 0.821. The summed E-state index contributed by atoms with van der Waals surface area (Å²) in [5.74, 6) is 3.90. The predicted molar refractivity (Wildman–Crippen MR) is 80.9 cm³/mol. The van der Waals surface area contributed by atoms with Crippen LogP contribution < -0.4 is 10.2 Å². The molecular formula is C15H26N4. The van der Waals surface area contributed by atoms with Gasteiger partial charge in [-0.25, -0.2) is 9.97 Å². The van der Waals surface area contributed by atoms with Crippen LogP contribution in [0.2, 0.25) is 0 Å². The molecular weight excluding hydrogens is 236 g/mol. The molecule has 0 spiro atoms. The van der Waals surface area contributed by atoms with Crippen molar-refractivity contribution in [2.75, 3.05) is 30.4 Å². The topological polar surface area (TPSA) is 41.1 Å². The molecule has 1 aliphatic heterocycles. The molecule has 0 aromatic carbocycles. The summed E-state index contributed by atoms with van der Waals surface area (Å²) in [6, 6.07) is 0. The van der Waals surface area contributed by atoms with E-state index in [0.717, 1.165) is 49.3 Å². The molecule has 4 heteroatoms. The van der Waals surface area contributed by atoms with Crippen LogP contribution in [-0.4, -0.2) is 30.1 Å². The molecule has 0 amide bonds. The lowest BCUT2D eigenvalue weighted by Crippen LogP contribution is -2.23. The Balaban J connectivity index is 2.30. The van der Waals surface area contributed by atoms with Crippen LogP contribution in [0.4, 0.5) is 11.6 Å². The molecule has 1 aliphatic rings. The first-order valence-corrected chi connectivity index (χ1v) is 7.49. The van der Waals surface area contributed by atoms with Gasteiger partial charge in [0.2, 0.25) is 0 Å². The van der Waals surface area contributed by atoms with Crippen LogP contribution >= 0.6 is 0 Å². The van der Waals surface area contributed by atoms with Crippen molar-refractivity contribution in [1.29, 1.82) is 0 Å². The fraction of sp³-hybridized carbons (Fsp3) is 0.733. The summed E-state index contributed by atoms with van der Waals surface area (Å²) >= 11 is 0. The van der Waals surface area contributed by atoms with Gasteiger partial charge in [-0.2, -0.15) is 0 Å². The quantitative estimate of drug-likeness (QED) is 0.885. The van der Waals surface area contributed by atoms with Gasteiger partial charge < -0.3 is 10.2 Å². The number of anilines is 2. The van der Waals surface area contributed by atoms with Crippen LogP contribution in [0.3, 0.4) is 0 Å². The number of hydrogen-bond acceptors (Lipinski definition) is 4. The Morgan fingerprint density at radius 3 is 2.68 bits per heavy atom. The van der Waals surface area contributed by atoms with E-state index in [1.165, 1.54) is 18.4 Å². The lowest BCUT2D eigenvalue weighted by molar-refractivity contribution is 0.568. The lowest BCUT2D eigenvalue weighted by Gasteiger charge is -2.21. The molecule has 2 rings (SSSR count). The smallest absolute Gasteiger partial charge is 0.137 e. The van der Waals surface area contributed by atoms with Crippen molar-refractivity contribution < 1.29 is 0 Å². The second kappa shape index (κ2) is 6.22. The maximum atomic E-state index is 4.80. The van der Waals surface area contributed by atoms with E-state index in [1.54, 1.807) is 0 Å². The summed E-state index contributed by atoms with van der Waals surface area (Å²) in [5.41, 5.74) is 1.18. The molecule has 1 fully saturated rings. The zero-order valence-corrected chi connectivity index (χ0v) is 12.7. The van der Waals surface area contributed by atoms with Gasteiger partial charge in [-0.1, -0.05) is 20.3 Å². The van der Waals surface area contributed by atoms with Crippen molar-refractivity contribution in [2.24, 2.45) is 5.92 Å². The first kappa shape index (κ1) is 14.1. The van der Waals surface area contributed by atoms with Crippen LogP contribution in [0.1, 0.15) is 44.5 Å². The molecule has 1 N–H and O–H groups in total. The fourth-order valence-corrected chi connectivity index (χ4v) is 2.79. The number of aromatic nitrogens is 2. The zero-order chi connectivity index (χ0) is 13.8. The molecule has 1 saturated heterocycles. The van der Waals surface area contributed by atoms with E-state index in [-0.39, 0.29) is 0 Å². The third-order valence-corrected chi connectivity index (χ3v) is 4.04. The van der Waals surface area contributed by atoms with E-state index in [2.05, 4.69) is 36.0 Å². The summed E-state index contributed by atoms with van der Waals surface area (Å²) < 4.78 is 0. The molecule has 0 radical (unpaired) electrons. The maximum absolute atomic E-state index is 4.80. The van der Waals surface area contributed by atoms with Gasteiger partial charge in [0.25, 0.3) is 0 Å². The highest BCUT2D eigenvalue weighted by Gasteiger charge is 2.24. The number of nitrogens with zero attached hydrogens (tertiary/aromatic N) is 3. The first-order chi connectivity index (χ1) is 9.19. The molecule has 1 atom stereocenters. The standard InChI is InChI=1S/C15H26N4/c1-5-7-13-17-14(16-4)11(3)15(18-13)19-9-8-12(6-2)10-19/h12H,5-10H2,1-4H3,(H,16,17,18). The normalized spacial score (nSPS) is 18.9. The second-order valence-corrected chi connectivity index (χ2v) is 5.45. The van der Waals surface area contributed by atoms with E-state index in [0.29, 0.717) is 0 Å². The number of nitrogens with one attached hydrogen (secondary N) is 1. The Morgan fingerprint density at radius 1 is 1.32 bits per heavy atom. The van der Waals surface area contributed by atoms with Crippen molar-refractivity contribution >= 4 is 11.6 Å². The van der Waals surface area contributed by atoms with Gasteiger partial charge in [0.15, 0.2) is 0 Å². The third-order valence-electron chi connectivity index (χ3n) is 4.04. The zero-order valence-electron chi connectivity index (χ0n) is 12.7. The van der Waals surface area contributed by atoms with Crippen LogP contribution in [0.15, 0.2) is 0 Å². The Morgan fingerprint density at radius 2 is 2.11 bits per heavy atom. The van der Waals surface area contributed by atoms with E-state index in [9.17, 15) is 0 Å². The van der Waals surface area contributed by atoms with Crippen molar-refractivity contribution in [2.45, 2.75) is 46.5 Å². The molecule has 106 valence electrons. The van der Waals surface area contributed by atoms with Gasteiger partial charge >= 0.3 is 0 Å². The van der Waals surface area contributed by atoms with E-state index >= 15 is 0 Å². The van der Waals surface area contributed by atoms with Crippen molar-refractivity contribution in [3.8, 4) is 0 Å².